The van der Waals surface area contributed by atoms with Crippen molar-refractivity contribution in [3.63, 3.8) is 0 Å². The largest absolute Gasteiger partial charge is 0.410 e. The SMILES string of the molecule is Cc1ccc([C@@H]2C[C@H](C(F)(F)F)n3ncc(C(=O)N4CCSCC4)c3N2)cc1. The molecule has 1 amide bonds. The van der Waals surface area contributed by atoms with Gasteiger partial charge in [-0.15, -0.1) is 0 Å². The van der Waals surface area contributed by atoms with Gasteiger partial charge in [0.15, 0.2) is 6.04 Å². The van der Waals surface area contributed by atoms with Crippen LogP contribution in [-0.2, 0) is 0 Å². The first-order chi connectivity index (χ1) is 13.3. The van der Waals surface area contributed by atoms with Gasteiger partial charge in [-0.05, 0) is 12.5 Å². The second-order valence-electron chi connectivity index (χ2n) is 7.16. The third kappa shape index (κ3) is 3.59. The summed E-state index contributed by atoms with van der Waals surface area (Å²) >= 11 is 1.77. The first-order valence-corrected chi connectivity index (χ1v) is 10.3. The van der Waals surface area contributed by atoms with Crippen molar-refractivity contribution in [2.75, 3.05) is 29.9 Å². The van der Waals surface area contributed by atoms with E-state index in [0.717, 1.165) is 27.3 Å². The highest BCUT2D eigenvalue weighted by atomic mass is 32.2. The quantitative estimate of drug-likeness (QED) is 0.812. The molecule has 4 rings (SSSR count). The van der Waals surface area contributed by atoms with E-state index in [4.69, 9.17) is 0 Å². The summed E-state index contributed by atoms with van der Waals surface area (Å²) in [7, 11) is 0. The lowest BCUT2D eigenvalue weighted by Gasteiger charge is -2.34. The number of alkyl halides is 3. The molecule has 9 heteroatoms. The predicted molar refractivity (Wildman–Crippen MR) is 103 cm³/mol. The van der Waals surface area contributed by atoms with E-state index in [2.05, 4.69) is 10.4 Å². The molecule has 150 valence electrons. The van der Waals surface area contributed by atoms with Crippen molar-refractivity contribution in [1.29, 1.82) is 0 Å². The van der Waals surface area contributed by atoms with Crippen molar-refractivity contribution in [2.45, 2.75) is 31.6 Å². The molecule has 2 aliphatic rings. The van der Waals surface area contributed by atoms with Crippen LogP contribution in [0.4, 0.5) is 19.0 Å². The van der Waals surface area contributed by atoms with Crippen molar-refractivity contribution in [1.82, 2.24) is 14.7 Å². The van der Waals surface area contributed by atoms with Gasteiger partial charge in [0, 0.05) is 31.0 Å². The van der Waals surface area contributed by atoms with E-state index in [1.54, 1.807) is 16.7 Å². The van der Waals surface area contributed by atoms with Crippen LogP contribution in [0.25, 0.3) is 0 Å². The van der Waals surface area contributed by atoms with Crippen LogP contribution in [0.15, 0.2) is 30.5 Å². The smallest absolute Gasteiger partial charge is 0.363 e. The van der Waals surface area contributed by atoms with Crippen molar-refractivity contribution in [2.24, 2.45) is 0 Å². The number of anilines is 1. The van der Waals surface area contributed by atoms with Gasteiger partial charge in [0.1, 0.15) is 11.4 Å². The van der Waals surface area contributed by atoms with Crippen LogP contribution < -0.4 is 5.32 Å². The summed E-state index contributed by atoms with van der Waals surface area (Å²) in [5.74, 6) is 1.56. The van der Waals surface area contributed by atoms with E-state index in [1.165, 1.54) is 6.20 Å². The first-order valence-electron chi connectivity index (χ1n) is 9.19. The van der Waals surface area contributed by atoms with E-state index >= 15 is 0 Å². The molecule has 5 nitrogen and oxygen atoms in total. The Balaban J connectivity index is 1.70. The number of aryl methyl sites for hydroxylation is 1. The highest BCUT2D eigenvalue weighted by molar-refractivity contribution is 7.99. The number of hydrogen-bond acceptors (Lipinski definition) is 4. The monoisotopic (exact) mass is 410 g/mol. The van der Waals surface area contributed by atoms with Gasteiger partial charge in [0.05, 0.1) is 12.2 Å². The van der Waals surface area contributed by atoms with Crippen LogP contribution >= 0.6 is 11.8 Å². The number of rotatable bonds is 2. The molecule has 0 aliphatic carbocycles. The molecule has 1 N–H and O–H groups in total. The van der Waals surface area contributed by atoms with Crippen molar-refractivity contribution in [3.05, 3.63) is 47.2 Å². The number of amides is 1. The molecule has 2 aliphatic heterocycles. The normalized spacial score (nSPS) is 22.5. The molecule has 0 radical (unpaired) electrons. The average molecular weight is 410 g/mol. The van der Waals surface area contributed by atoms with Crippen molar-refractivity contribution < 1.29 is 18.0 Å². The van der Waals surface area contributed by atoms with Gasteiger partial charge in [-0.3, -0.25) is 4.79 Å². The van der Waals surface area contributed by atoms with Gasteiger partial charge < -0.3 is 10.2 Å². The number of benzene rings is 1. The number of halogens is 3. The number of nitrogens with zero attached hydrogens (tertiary/aromatic N) is 3. The van der Waals surface area contributed by atoms with Crippen molar-refractivity contribution >= 4 is 23.5 Å². The minimum Gasteiger partial charge on any atom is -0.363 e. The predicted octanol–water partition coefficient (Wildman–Crippen LogP) is 4.04. The van der Waals surface area contributed by atoms with Gasteiger partial charge >= 0.3 is 6.18 Å². The second-order valence-corrected chi connectivity index (χ2v) is 8.38. The summed E-state index contributed by atoms with van der Waals surface area (Å²) in [5, 5.41) is 7.10. The maximum Gasteiger partial charge on any atom is 0.410 e. The number of nitrogens with one attached hydrogen (secondary N) is 1. The average Bonchev–Trinajstić information content (AvgIpc) is 3.11. The molecule has 3 heterocycles. The summed E-state index contributed by atoms with van der Waals surface area (Å²) in [5.41, 5.74) is 2.01. The minimum atomic E-state index is -4.45. The molecule has 1 aromatic carbocycles. The zero-order chi connectivity index (χ0) is 19.9. The number of thioether (sulfide) groups is 1. The van der Waals surface area contributed by atoms with E-state index in [0.29, 0.717) is 13.1 Å². The van der Waals surface area contributed by atoms with Crippen LogP contribution in [0.1, 0.15) is 40.0 Å². The molecule has 2 aromatic rings. The molecule has 1 aromatic heterocycles. The molecule has 0 bridgehead atoms. The molecule has 28 heavy (non-hydrogen) atoms. The van der Waals surface area contributed by atoms with Gasteiger partial charge in [0.25, 0.3) is 5.91 Å². The number of carbonyl (C=O) groups excluding carboxylic acids is 1. The maximum absolute atomic E-state index is 13.8. The Labute approximate surface area is 165 Å². The first kappa shape index (κ1) is 19.2. The number of carbonyl (C=O) groups is 1. The van der Waals surface area contributed by atoms with Crippen LogP contribution in [0.5, 0.6) is 0 Å². The third-order valence-electron chi connectivity index (χ3n) is 5.25. The maximum atomic E-state index is 13.8. The van der Waals surface area contributed by atoms with E-state index in [1.807, 2.05) is 31.2 Å². The standard InChI is InChI=1S/C19H21F3N4OS/c1-12-2-4-13(5-3-12)15-10-16(19(20,21)22)26-17(24-15)14(11-23-26)18(27)25-6-8-28-9-7-25/h2-5,11,15-16,24H,6-10H2,1H3/t15-,16+/m0/s1. The van der Waals surface area contributed by atoms with Gasteiger partial charge in [-0.2, -0.15) is 30.0 Å². The highest BCUT2D eigenvalue weighted by Crippen LogP contribution is 2.44. The number of hydrogen-bond donors (Lipinski definition) is 1. The van der Waals surface area contributed by atoms with E-state index in [9.17, 15) is 18.0 Å². The van der Waals surface area contributed by atoms with Gasteiger partial charge in [-0.1, -0.05) is 29.8 Å². The molecule has 2 atom stereocenters. The molecular formula is C19H21F3N4OS. The number of fused-ring (bicyclic) bond motifs is 1. The Morgan fingerprint density at radius 1 is 1.21 bits per heavy atom. The van der Waals surface area contributed by atoms with Crippen LogP contribution in [-0.4, -0.2) is 51.4 Å². The molecule has 1 fully saturated rings. The fourth-order valence-electron chi connectivity index (χ4n) is 3.67. The Morgan fingerprint density at radius 3 is 2.54 bits per heavy atom. The Morgan fingerprint density at radius 2 is 1.89 bits per heavy atom. The summed E-state index contributed by atoms with van der Waals surface area (Å²) in [6, 6.07) is 5.10. The lowest BCUT2D eigenvalue weighted by molar-refractivity contribution is -0.173. The van der Waals surface area contributed by atoms with Crippen molar-refractivity contribution in [3.8, 4) is 0 Å². The molecule has 0 saturated carbocycles. The molecule has 0 unspecified atom stereocenters. The Bertz CT molecular complexity index is 859. The highest BCUT2D eigenvalue weighted by Gasteiger charge is 2.47. The van der Waals surface area contributed by atoms with Gasteiger partial charge in [0.2, 0.25) is 0 Å². The molecule has 0 spiro atoms. The fourth-order valence-corrected chi connectivity index (χ4v) is 4.58. The minimum absolute atomic E-state index is 0.155. The van der Waals surface area contributed by atoms with Crippen LogP contribution in [0, 0.1) is 6.92 Å². The topological polar surface area (TPSA) is 50.2 Å². The third-order valence-corrected chi connectivity index (χ3v) is 6.19. The summed E-state index contributed by atoms with van der Waals surface area (Å²) in [6.07, 6.45) is -3.36. The zero-order valence-corrected chi connectivity index (χ0v) is 16.2. The zero-order valence-electron chi connectivity index (χ0n) is 15.4. The van der Waals surface area contributed by atoms with E-state index in [-0.39, 0.29) is 23.7 Å². The lowest BCUT2D eigenvalue weighted by Crippen LogP contribution is -2.39. The molecule has 1 saturated heterocycles. The van der Waals surface area contributed by atoms with Crippen LogP contribution in [0.3, 0.4) is 0 Å². The van der Waals surface area contributed by atoms with E-state index < -0.39 is 18.3 Å². The summed E-state index contributed by atoms with van der Waals surface area (Å²) in [4.78, 5) is 14.6. The van der Waals surface area contributed by atoms with Crippen LogP contribution in [0.2, 0.25) is 0 Å². The summed E-state index contributed by atoms with van der Waals surface area (Å²) < 4.78 is 42.2. The molecular weight excluding hydrogens is 389 g/mol. The Hall–Kier alpha value is -2.16. The fraction of sp³-hybridized carbons (Fsp3) is 0.474. The number of aromatic nitrogens is 2. The lowest BCUT2D eigenvalue weighted by atomic mass is 9.96. The summed E-state index contributed by atoms with van der Waals surface area (Å²) in [6.45, 7) is 3.12. The Kier molecular flexibility index (Phi) is 5.03. The second kappa shape index (κ2) is 7.35. The van der Waals surface area contributed by atoms with Gasteiger partial charge in [-0.25, -0.2) is 4.68 Å².